The molecule has 5 nitrogen and oxygen atoms in total. The maximum absolute atomic E-state index is 11.2. The van der Waals surface area contributed by atoms with Crippen molar-refractivity contribution >= 4 is 10.0 Å². The lowest BCUT2D eigenvalue weighted by atomic mass is 10.0. The van der Waals surface area contributed by atoms with Crippen LogP contribution in [0.15, 0.2) is 0 Å². The molecule has 1 fully saturated rings. The van der Waals surface area contributed by atoms with E-state index in [1.165, 1.54) is 6.42 Å². The van der Waals surface area contributed by atoms with E-state index in [2.05, 4.69) is 9.62 Å². The minimum atomic E-state index is -3.39. The predicted molar refractivity (Wildman–Crippen MR) is 57.7 cm³/mol. The second kappa shape index (κ2) is 5.45. The molecule has 1 atom stereocenters. The fourth-order valence-corrected chi connectivity index (χ4v) is 2.48. The largest absolute Gasteiger partial charge is 0.302 e. The molecule has 0 spiro atoms. The summed E-state index contributed by atoms with van der Waals surface area (Å²) in [6.07, 6.45) is 3.35. The van der Waals surface area contributed by atoms with Crippen LogP contribution in [0.1, 0.15) is 19.3 Å². The van der Waals surface area contributed by atoms with Crippen LogP contribution in [-0.2, 0) is 10.0 Å². The van der Waals surface area contributed by atoms with Crippen LogP contribution in [-0.4, -0.2) is 45.2 Å². The van der Waals surface area contributed by atoms with Gasteiger partial charge in [0.2, 0.25) is 10.0 Å². The third kappa shape index (κ3) is 4.16. The number of piperidine rings is 1. The zero-order chi connectivity index (χ0) is 11.3. The van der Waals surface area contributed by atoms with Gasteiger partial charge in [-0.25, -0.2) is 13.1 Å². The number of rotatable bonds is 4. The number of nitrogens with zero attached hydrogens (tertiary/aromatic N) is 2. The molecule has 0 aromatic heterocycles. The van der Waals surface area contributed by atoms with Crippen LogP contribution in [0, 0.1) is 11.3 Å². The first-order valence-electron chi connectivity index (χ1n) is 5.09. The topological polar surface area (TPSA) is 73.2 Å². The van der Waals surface area contributed by atoms with Gasteiger partial charge in [-0.2, -0.15) is 5.26 Å². The van der Waals surface area contributed by atoms with Crippen molar-refractivity contribution in [3.63, 3.8) is 0 Å². The molecule has 86 valence electrons. The van der Waals surface area contributed by atoms with Gasteiger partial charge in [-0.05, 0) is 26.4 Å². The van der Waals surface area contributed by atoms with Crippen LogP contribution in [0.2, 0.25) is 0 Å². The second-order valence-electron chi connectivity index (χ2n) is 3.90. The molecule has 0 bridgehead atoms. The lowest BCUT2D eigenvalue weighted by Crippen LogP contribution is -2.44. The molecule has 1 saturated heterocycles. The van der Waals surface area contributed by atoms with Crippen LogP contribution in [0.3, 0.4) is 0 Å². The molecule has 0 radical (unpaired) electrons. The molecule has 0 saturated carbocycles. The van der Waals surface area contributed by atoms with Gasteiger partial charge in [-0.3, -0.25) is 0 Å². The highest BCUT2D eigenvalue weighted by Gasteiger charge is 2.20. The molecule has 0 aromatic rings. The summed E-state index contributed by atoms with van der Waals surface area (Å²) < 4.78 is 24.9. The number of nitriles is 1. The molecule has 1 N–H and O–H groups in total. The Morgan fingerprint density at radius 1 is 1.53 bits per heavy atom. The van der Waals surface area contributed by atoms with E-state index in [0.717, 1.165) is 19.4 Å². The Balaban J connectivity index is 2.39. The summed E-state index contributed by atoms with van der Waals surface area (Å²) in [6, 6.07) is 1.91. The first-order chi connectivity index (χ1) is 7.05. The lowest BCUT2D eigenvalue weighted by Gasteiger charge is -2.32. The van der Waals surface area contributed by atoms with Gasteiger partial charge in [0.1, 0.15) is 0 Å². The monoisotopic (exact) mass is 231 g/mol. The molecule has 6 heteroatoms. The van der Waals surface area contributed by atoms with Gasteiger partial charge in [-0.15, -0.1) is 0 Å². The van der Waals surface area contributed by atoms with Crippen molar-refractivity contribution in [1.29, 1.82) is 5.26 Å². The average Bonchev–Trinajstić information content (AvgIpc) is 2.16. The molecule has 1 rings (SSSR count). The smallest absolute Gasteiger partial charge is 0.225 e. The number of sulfonamides is 1. The highest BCUT2D eigenvalue weighted by molar-refractivity contribution is 7.89. The fraction of sp³-hybridized carbons (Fsp3) is 0.889. The molecule has 1 aliphatic rings. The third-order valence-electron chi connectivity index (χ3n) is 2.71. The Kier molecular flexibility index (Phi) is 4.51. The highest BCUT2D eigenvalue weighted by Crippen LogP contribution is 2.14. The number of nitrogens with one attached hydrogen (secondary N) is 1. The predicted octanol–water partition coefficient (Wildman–Crippen LogP) is -0.0863. The first kappa shape index (κ1) is 12.4. The summed E-state index contributed by atoms with van der Waals surface area (Å²) in [7, 11) is -1.39. The number of likely N-dealkylation sites (N-methyl/N-ethyl adjacent to an activating group) is 1. The van der Waals surface area contributed by atoms with Crippen LogP contribution in [0.25, 0.3) is 0 Å². The maximum atomic E-state index is 11.2. The van der Waals surface area contributed by atoms with Crippen LogP contribution in [0.4, 0.5) is 0 Å². The van der Waals surface area contributed by atoms with Crippen molar-refractivity contribution in [3.05, 3.63) is 0 Å². The van der Waals surface area contributed by atoms with E-state index in [4.69, 9.17) is 5.26 Å². The zero-order valence-electron chi connectivity index (χ0n) is 8.94. The van der Waals surface area contributed by atoms with Crippen molar-refractivity contribution < 1.29 is 8.42 Å². The Morgan fingerprint density at radius 2 is 2.27 bits per heavy atom. The van der Waals surface area contributed by atoms with Crippen molar-refractivity contribution in [2.45, 2.75) is 25.3 Å². The first-order valence-corrected chi connectivity index (χ1v) is 6.75. The van der Waals surface area contributed by atoms with E-state index in [-0.39, 0.29) is 6.04 Å². The van der Waals surface area contributed by atoms with Crippen molar-refractivity contribution in [1.82, 2.24) is 9.62 Å². The Labute approximate surface area is 91.1 Å². The van der Waals surface area contributed by atoms with Gasteiger partial charge >= 0.3 is 0 Å². The number of likely N-dealkylation sites (tertiary alicyclic amines) is 1. The molecule has 0 aromatic carbocycles. The van der Waals surface area contributed by atoms with Crippen LogP contribution >= 0.6 is 0 Å². The minimum Gasteiger partial charge on any atom is -0.302 e. The quantitative estimate of drug-likeness (QED) is 0.734. The lowest BCUT2D eigenvalue weighted by molar-refractivity contribution is 0.187. The van der Waals surface area contributed by atoms with Crippen molar-refractivity contribution in [2.24, 2.45) is 0 Å². The van der Waals surface area contributed by atoms with E-state index in [9.17, 15) is 8.42 Å². The molecule has 1 heterocycles. The van der Waals surface area contributed by atoms with Gasteiger partial charge < -0.3 is 4.90 Å². The molecule has 1 unspecified atom stereocenters. The normalized spacial score (nSPS) is 23.6. The van der Waals surface area contributed by atoms with Gasteiger partial charge in [0, 0.05) is 12.6 Å². The highest BCUT2D eigenvalue weighted by atomic mass is 32.2. The summed E-state index contributed by atoms with van der Waals surface area (Å²) in [5.74, 6) is -0.455. The zero-order valence-corrected chi connectivity index (χ0v) is 9.76. The van der Waals surface area contributed by atoms with Gasteiger partial charge in [0.05, 0.1) is 6.07 Å². The van der Waals surface area contributed by atoms with E-state index < -0.39 is 15.8 Å². The molecule has 0 amide bonds. The van der Waals surface area contributed by atoms with Gasteiger partial charge in [-0.1, -0.05) is 6.42 Å². The number of hydrogen-bond donors (Lipinski definition) is 1. The minimum absolute atomic E-state index is 0.271. The summed E-state index contributed by atoms with van der Waals surface area (Å²) >= 11 is 0. The fourth-order valence-electron chi connectivity index (χ4n) is 1.76. The molecular weight excluding hydrogens is 214 g/mol. The third-order valence-corrected chi connectivity index (χ3v) is 3.83. The Morgan fingerprint density at radius 3 is 2.87 bits per heavy atom. The average molecular weight is 231 g/mol. The molecular formula is C9H17N3O2S. The Hall–Kier alpha value is -0.640. The summed E-state index contributed by atoms with van der Waals surface area (Å²) in [6.45, 7) is 1.44. The number of hydrogen-bond acceptors (Lipinski definition) is 4. The van der Waals surface area contributed by atoms with E-state index in [0.29, 0.717) is 6.54 Å². The van der Waals surface area contributed by atoms with Crippen LogP contribution in [0.5, 0.6) is 0 Å². The van der Waals surface area contributed by atoms with Crippen molar-refractivity contribution in [2.75, 3.05) is 25.9 Å². The maximum Gasteiger partial charge on any atom is 0.225 e. The molecule has 1 aliphatic heterocycles. The Bertz CT molecular complexity index is 334. The summed E-state index contributed by atoms with van der Waals surface area (Å²) in [5, 5.41) is 8.31. The van der Waals surface area contributed by atoms with Gasteiger partial charge in [0.15, 0.2) is 5.75 Å². The SMILES string of the molecule is CN1CCCCC1CNS(=O)(=O)CC#N. The second-order valence-corrected chi connectivity index (χ2v) is 5.70. The molecule has 15 heavy (non-hydrogen) atoms. The van der Waals surface area contributed by atoms with Gasteiger partial charge in [0.25, 0.3) is 0 Å². The summed E-state index contributed by atoms with van der Waals surface area (Å²) in [4.78, 5) is 2.17. The summed E-state index contributed by atoms with van der Waals surface area (Å²) in [5.41, 5.74) is 0. The standard InChI is InChI=1S/C9H17N3O2S/c1-12-6-3-2-4-9(12)8-11-15(13,14)7-5-10/h9,11H,2-4,6-8H2,1H3. The van der Waals surface area contributed by atoms with Crippen molar-refractivity contribution in [3.8, 4) is 6.07 Å². The van der Waals surface area contributed by atoms with Crippen LogP contribution < -0.4 is 4.72 Å². The van der Waals surface area contributed by atoms with E-state index in [1.807, 2.05) is 7.05 Å². The van der Waals surface area contributed by atoms with E-state index >= 15 is 0 Å². The molecule has 0 aliphatic carbocycles. The van der Waals surface area contributed by atoms with E-state index in [1.54, 1.807) is 6.07 Å².